The molecular formula is C54H37N3Se. The number of benzene rings is 8. The van der Waals surface area contributed by atoms with Crippen molar-refractivity contribution in [2.24, 2.45) is 0 Å². The first-order valence-electron chi connectivity index (χ1n) is 19.8. The molecule has 0 saturated heterocycles. The average molecular weight is 807 g/mol. The van der Waals surface area contributed by atoms with Crippen LogP contribution in [-0.4, -0.2) is 29.9 Å². The third kappa shape index (κ3) is 5.52. The number of nitrogens with zero attached hydrogens (tertiary/aromatic N) is 3. The predicted octanol–water partition coefficient (Wildman–Crippen LogP) is 13.4. The van der Waals surface area contributed by atoms with Crippen molar-refractivity contribution < 1.29 is 0 Å². The monoisotopic (exact) mass is 807 g/mol. The molecule has 0 unspecified atom stereocenters. The van der Waals surface area contributed by atoms with E-state index >= 15 is 0 Å². The van der Waals surface area contributed by atoms with E-state index in [0.717, 1.165) is 45.6 Å². The van der Waals surface area contributed by atoms with Crippen LogP contribution in [0, 0.1) is 13.8 Å². The molecule has 2 heterocycles. The molecule has 0 atom stereocenters. The Balaban J connectivity index is 1.24. The van der Waals surface area contributed by atoms with E-state index in [1.165, 1.54) is 80.5 Å². The Hall–Kier alpha value is -6.71. The van der Waals surface area contributed by atoms with Crippen molar-refractivity contribution in [1.82, 2.24) is 15.4 Å². The minimum atomic E-state index is 0.205. The summed E-state index contributed by atoms with van der Waals surface area (Å²) in [4.78, 5) is 0. The maximum atomic E-state index is 5.07. The molecular weight excluding hydrogens is 770 g/mol. The first kappa shape index (κ1) is 34.5. The van der Waals surface area contributed by atoms with Crippen LogP contribution in [0.4, 0.5) is 0 Å². The molecule has 0 aliphatic heterocycles. The van der Waals surface area contributed by atoms with Gasteiger partial charge in [0.05, 0.1) is 0 Å². The van der Waals surface area contributed by atoms with Gasteiger partial charge in [-0.2, -0.15) is 0 Å². The third-order valence-electron chi connectivity index (χ3n) is 12.0. The minimum absolute atomic E-state index is 0.205. The Morgan fingerprint density at radius 3 is 1.88 bits per heavy atom. The Kier molecular flexibility index (Phi) is 8.36. The molecule has 0 radical (unpaired) electrons. The van der Waals surface area contributed by atoms with Gasteiger partial charge >= 0.3 is 304 Å². The molecule has 58 heavy (non-hydrogen) atoms. The van der Waals surface area contributed by atoms with Crippen LogP contribution >= 0.6 is 0 Å². The Morgan fingerprint density at radius 1 is 0.414 bits per heavy atom. The molecule has 274 valence electrons. The number of hydrogen-bond acceptors (Lipinski definition) is 3. The van der Waals surface area contributed by atoms with Crippen molar-refractivity contribution in [3.63, 3.8) is 0 Å². The van der Waals surface area contributed by atoms with E-state index < -0.39 is 0 Å². The van der Waals surface area contributed by atoms with E-state index in [0.29, 0.717) is 0 Å². The van der Waals surface area contributed by atoms with Crippen LogP contribution < -0.4 is 0 Å². The summed E-state index contributed by atoms with van der Waals surface area (Å²) in [6.45, 7) is 4.49. The number of fused-ring (bicyclic) bond motifs is 6. The summed E-state index contributed by atoms with van der Waals surface area (Å²) in [5, 5.41) is 17.2. The zero-order valence-electron chi connectivity index (χ0n) is 32.2. The van der Waals surface area contributed by atoms with Crippen LogP contribution in [0.1, 0.15) is 22.3 Å². The van der Waals surface area contributed by atoms with Gasteiger partial charge in [-0.1, -0.05) is 30.3 Å². The predicted molar refractivity (Wildman–Crippen MR) is 242 cm³/mol. The van der Waals surface area contributed by atoms with Gasteiger partial charge < -0.3 is 0 Å². The molecule has 4 heteroatoms. The SMILES string of the molecule is Cc1ccc(-c2c(-c3ccccc3)nnnc2-c2ccccc2-c2c(-c3ccccc3)ccc3[se]c4ccccc4c23)c(-c2cccc3c2Cc2ccccc2-3)c1C. The Labute approximate surface area is 344 Å². The van der Waals surface area contributed by atoms with E-state index in [1.807, 2.05) is 0 Å². The second-order valence-electron chi connectivity index (χ2n) is 15.2. The molecule has 0 saturated carbocycles. The number of aryl methyl sites for hydroxylation is 1. The van der Waals surface area contributed by atoms with Crippen molar-refractivity contribution in [3.8, 4) is 78.1 Å². The van der Waals surface area contributed by atoms with Gasteiger partial charge in [0.25, 0.3) is 0 Å². The van der Waals surface area contributed by atoms with Gasteiger partial charge in [-0.25, -0.2) is 0 Å². The number of rotatable bonds is 6. The van der Waals surface area contributed by atoms with Crippen molar-refractivity contribution >= 4 is 33.8 Å². The summed E-state index contributed by atoms with van der Waals surface area (Å²) in [5.74, 6) is 0. The average Bonchev–Trinajstić information content (AvgIpc) is 3.86. The molecule has 8 aromatic carbocycles. The van der Waals surface area contributed by atoms with Crippen molar-refractivity contribution in [3.05, 3.63) is 198 Å². The van der Waals surface area contributed by atoms with Gasteiger partial charge in [-0.15, -0.1) is 0 Å². The second-order valence-corrected chi connectivity index (χ2v) is 17.5. The summed E-state index contributed by atoms with van der Waals surface area (Å²) < 4.78 is 2.82. The first-order chi connectivity index (χ1) is 28.6. The molecule has 11 rings (SSSR count). The zero-order valence-corrected chi connectivity index (χ0v) is 33.9. The van der Waals surface area contributed by atoms with E-state index in [9.17, 15) is 0 Å². The summed E-state index contributed by atoms with van der Waals surface area (Å²) in [6, 6.07) is 63.9. The fraction of sp³-hybridized carbons (Fsp3) is 0.0556. The Bertz CT molecular complexity index is 3220. The van der Waals surface area contributed by atoms with Crippen LogP contribution in [0.5, 0.6) is 0 Å². The normalized spacial score (nSPS) is 11.9. The maximum absolute atomic E-state index is 5.07. The van der Waals surface area contributed by atoms with Gasteiger partial charge in [-0.05, 0) is 11.1 Å². The van der Waals surface area contributed by atoms with Crippen LogP contribution in [0.15, 0.2) is 176 Å². The molecule has 10 aromatic rings. The summed E-state index contributed by atoms with van der Waals surface area (Å²) in [5.41, 5.74) is 20.9. The third-order valence-corrected chi connectivity index (χ3v) is 14.4. The van der Waals surface area contributed by atoms with Crippen LogP contribution in [0.2, 0.25) is 0 Å². The van der Waals surface area contributed by atoms with E-state index in [2.05, 4.69) is 195 Å². The fourth-order valence-electron chi connectivity index (χ4n) is 9.19. The van der Waals surface area contributed by atoms with E-state index in [4.69, 9.17) is 10.2 Å². The standard InChI is InChI=1S/C54H37N3Se/c1-33-28-29-45(49(34(33)2)42-26-15-25-40-38-21-10-9-20-37(38)32-46(40)42)52-53(36-18-7-4-8-19-36)55-57-56-54(52)43-23-12-11-22-41(43)50-39(35-16-5-3-6-17-35)30-31-48-51(50)44-24-13-14-27-47(44)58-48/h3-31H,32H2,1-2H3. The first-order valence-corrected chi connectivity index (χ1v) is 21.5. The molecule has 3 nitrogen and oxygen atoms in total. The molecule has 0 bridgehead atoms. The van der Waals surface area contributed by atoms with Crippen LogP contribution in [-0.2, 0) is 6.42 Å². The van der Waals surface area contributed by atoms with E-state index in [1.54, 1.807) is 0 Å². The second kappa shape index (κ2) is 14.0. The van der Waals surface area contributed by atoms with Gasteiger partial charge in [-0.3, -0.25) is 0 Å². The van der Waals surface area contributed by atoms with Crippen molar-refractivity contribution in [1.29, 1.82) is 0 Å². The van der Waals surface area contributed by atoms with Gasteiger partial charge in [0.15, 0.2) is 0 Å². The number of aromatic nitrogens is 3. The molecule has 0 fully saturated rings. The van der Waals surface area contributed by atoms with Crippen molar-refractivity contribution in [2.75, 3.05) is 0 Å². The summed E-state index contributed by atoms with van der Waals surface area (Å²) in [6.07, 6.45) is 0.896. The molecule has 0 spiro atoms. The molecule has 1 aliphatic carbocycles. The van der Waals surface area contributed by atoms with Gasteiger partial charge in [0.1, 0.15) is 0 Å². The summed E-state index contributed by atoms with van der Waals surface area (Å²) in [7, 11) is 0. The fourth-order valence-corrected chi connectivity index (χ4v) is 11.5. The zero-order chi connectivity index (χ0) is 38.7. The Morgan fingerprint density at radius 2 is 1.05 bits per heavy atom. The molecule has 0 N–H and O–H groups in total. The van der Waals surface area contributed by atoms with Gasteiger partial charge in [0, 0.05) is 0 Å². The quantitative estimate of drug-likeness (QED) is 0.157. The van der Waals surface area contributed by atoms with Crippen molar-refractivity contribution in [2.45, 2.75) is 20.3 Å². The van der Waals surface area contributed by atoms with E-state index in [-0.39, 0.29) is 14.5 Å². The van der Waals surface area contributed by atoms with Crippen LogP contribution in [0.3, 0.4) is 0 Å². The van der Waals surface area contributed by atoms with Crippen LogP contribution in [0.25, 0.3) is 97.4 Å². The molecule has 2 aromatic heterocycles. The summed E-state index contributed by atoms with van der Waals surface area (Å²) >= 11 is 0.205. The molecule has 1 aliphatic rings. The molecule has 0 amide bonds. The topological polar surface area (TPSA) is 38.7 Å². The number of hydrogen-bond donors (Lipinski definition) is 0. The van der Waals surface area contributed by atoms with Gasteiger partial charge in [0.2, 0.25) is 0 Å².